The normalized spacial score (nSPS) is 13.8. The van der Waals surface area contributed by atoms with E-state index < -0.39 is 0 Å². The first-order valence-corrected chi connectivity index (χ1v) is 9.43. The van der Waals surface area contributed by atoms with Crippen molar-refractivity contribution in [1.29, 1.82) is 0 Å². The molecule has 0 unspecified atom stereocenters. The lowest BCUT2D eigenvalue weighted by Gasteiger charge is -2.27. The van der Waals surface area contributed by atoms with Gasteiger partial charge in [0.1, 0.15) is 10.7 Å². The van der Waals surface area contributed by atoms with Crippen molar-refractivity contribution in [3.8, 4) is 10.6 Å². The zero-order valence-electron chi connectivity index (χ0n) is 14.7. The fourth-order valence-corrected chi connectivity index (χ4v) is 3.77. The number of pyridine rings is 2. The van der Waals surface area contributed by atoms with E-state index in [2.05, 4.69) is 15.0 Å². The van der Waals surface area contributed by atoms with Crippen LogP contribution in [-0.2, 0) is 0 Å². The molecule has 2 amide bonds. The Kier molecular flexibility index (Phi) is 4.64. The van der Waals surface area contributed by atoms with Gasteiger partial charge in [0.05, 0.1) is 5.56 Å². The standard InChI is InChI=1S/C19H17N5O2S/c1-13-5-7-21-11-15(13)18(25)23-8-3-9-24(23)19(26)16-12-27-17(22-16)14-4-2-6-20-10-14/h2,4-7,10-12H,3,8-9H2,1H3. The number of rotatable bonds is 3. The maximum absolute atomic E-state index is 13.0. The molecule has 0 aliphatic carbocycles. The van der Waals surface area contributed by atoms with Crippen LogP contribution in [0.5, 0.6) is 0 Å². The largest absolute Gasteiger partial charge is 0.291 e. The lowest BCUT2D eigenvalue weighted by atomic mass is 10.1. The Morgan fingerprint density at radius 2 is 1.81 bits per heavy atom. The predicted octanol–water partition coefficient (Wildman–Crippen LogP) is 2.81. The van der Waals surface area contributed by atoms with Crippen LogP contribution in [0.15, 0.2) is 48.4 Å². The SMILES string of the molecule is Cc1ccncc1C(=O)N1CCCN1C(=O)c1csc(-c2cccnc2)n1. The molecule has 1 aliphatic rings. The molecule has 136 valence electrons. The van der Waals surface area contributed by atoms with Crippen LogP contribution in [0, 0.1) is 6.92 Å². The first-order valence-electron chi connectivity index (χ1n) is 8.55. The quantitative estimate of drug-likeness (QED) is 0.699. The third-order valence-electron chi connectivity index (χ3n) is 4.40. The lowest BCUT2D eigenvalue weighted by molar-refractivity contribution is 0.0182. The number of hydrazine groups is 1. The molecule has 3 aromatic rings. The first-order chi connectivity index (χ1) is 13.1. The first kappa shape index (κ1) is 17.3. The van der Waals surface area contributed by atoms with Gasteiger partial charge in [0.2, 0.25) is 0 Å². The summed E-state index contributed by atoms with van der Waals surface area (Å²) < 4.78 is 0. The second kappa shape index (κ2) is 7.24. The van der Waals surface area contributed by atoms with Crippen LogP contribution in [0.2, 0.25) is 0 Å². The number of amides is 2. The average molecular weight is 379 g/mol. The highest BCUT2D eigenvalue weighted by molar-refractivity contribution is 7.13. The highest BCUT2D eigenvalue weighted by Gasteiger charge is 2.33. The van der Waals surface area contributed by atoms with E-state index in [1.807, 2.05) is 19.1 Å². The zero-order valence-corrected chi connectivity index (χ0v) is 15.5. The third-order valence-corrected chi connectivity index (χ3v) is 5.29. The molecular formula is C19H17N5O2S. The Balaban J connectivity index is 1.57. The smallest absolute Gasteiger partial charge is 0.267 e. The van der Waals surface area contributed by atoms with Gasteiger partial charge in [0, 0.05) is 48.8 Å². The number of carbonyl (C=O) groups excluding carboxylic acids is 2. The predicted molar refractivity (Wildman–Crippen MR) is 101 cm³/mol. The second-order valence-corrected chi connectivity index (χ2v) is 7.04. The molecule has 0 spiro atoms. The van der Waals surface area contributed by atoms with Gasteiger partial charge in [0.25, 0.3) is 11.8 Å². The number of thiazole rings is 1. The lowest BCUT2D eigenvalue weighted by Crippen LogP contribution is -2.45. The minimum absolute atomic E-state index is 0.214. The molecule has 4 rings (SSSR count). The number of carbonyl (C=O) groups is 2. The average Bonchev–Trinajstić information content (AvgIpc) is 3.38. The molecule has 0 atom stereocenters. The molecule has 1 fully saturated rings. The van der Waals surface area contributed by atoms with Gasteiger partial charge in [-0.05, 0) is 37.1 Å². The van der Waals surface area contributed by atoms with Gasteiger partial charge < -0.3 is 0 Å². The van der Waals surface area contributed by atoms with Crippen LogP contribution in [0.25, 0.3) is 10.6 Å². The van der Waals surface area contributed by atoms with Crippen molar-refractivity contribution in [2.75, 3.05) is 13.1 Å². The van der Waals surface area contributed by atoms with Crippen LogP contribution in [0.4, 0.5) is 0 Å². The van der Waals surface area contributed by atoms with Gasteiger partial charge in [-0.3, -0.25) is 19.6 Å². The van der Waals surface area contributed by atoms with Gasteiger partial charge in [-0.2, -0.15) is 0 Å². The van der Waals surface area contributed by atoms with Crippen LogP contribution < -0.4 is 0 Å². The number of nitrogens with zero attached hydrogens (tertiary/aromatic N) is 5. The van der Waals surface area contributed by atoms with E-state index in [-0.39, 0.29) is 11.8 Å². The number of hydrogen-bond donors (Lipinski definition) is 0. The van der Waals surface area contributed by atoms with Crippen molar-refractivity contribution in [2.45, 2.75) is 13.3 Å². The van der Waals surface area contributed by atoms with Gasteiger partial charge in [0.15, 0.2) is 0 Å². The van der Waals surface area contributed by atoms with Gasteiger partial charge >= 0.3 is 0 Å². The third kappa shape index (κ3) is 3.31. The molecule has 1 saturated heterocycles. The van der Waals surface area contributed by atoms with E-state index in [1.165, 1.54) is 21.4 Å². The van der Waals surface area contributed by atoms with Crippen molar-refractivity contribution in [3.63, 3.8) is 0 Å². The van der Waals surface area contributed by atoms with Crippen LogP contribution in [0.1, 0.15) is 32.8 Å². The van der Waals surface area contributed by atoms with E-state index in [4.69, 9.17) is 0 Å². The summed E-state index contributed by atoms with van der Waals surface area (Å²) >= 11 is 1.39. The van der Waals surface area contributed by atoms with Crippen LogP contribution in [-0.4, -0.2) is 49.9 Å². The Bertz CT molecular complexity index is 989. The molecular weight excluding hydrogens is 362 g/mol. The van der Waals surface area contributed by atoms with Crippen molar-refractivity contribution in [3.05, 3.63) is 65.2 Å². The summed E-state index contributed by atoms with van der Waals surface area (Å²) in [5.41, 5.74) is 2.54. The molecule has 0 radical (unpaired) electrons. The summed E-state index contributed by atoms with van der Waals surface area (Å²) in [6.07, 6.45) is 7.33. The van der Waals surface area contributed by atoms with E-state index in [9.17, 15) is 9.59 Å². The van der Waals surface area contributed by atoms with E-state index in [0.29, 0.717) is 24.3 Å². The number of aryl methyl sites for hydroxylation is 1. The van der Waals surface area contributed by atoms with Crippen molar-refractivity contribution in [2.24, 2.45) is 0 Å². The molecule has 8 heteroatoms. The molecule has 3 aromatic heterocycles. The Hall–Kier alpha value is -3.13. The molecule has 7 nitrogen and oxygen atoms in total. The molecule has 0 bridgehead atoms. The van der Waals surface area contributed by atoms with Crippen LogP contribution >= 0.6 is 11.3 Å². The molecule has 0 saturated carbocycles. The maximum atomic E-state index is 13.0. The van der Waals surface area contributed by atoms with Crippen LogP contribution in [0.3, 0.4) is 0 Å². The van der Waals surface area contributed by atoms with Gasteiger partial charge in [-0.25, -0.2) is 15.0 Å². The summed E-state index contributed by atoms with van der Waals surface area (Å²) in [6, 6.07) is 5.52. The maximum Gasteiger partial charge on any atom is 0.291 e. The summed E-state index contributed by atoms with van der Waals surface area (Å²) in [4.78, 5) is 38.4. The minimum Gasteiger partial charge on any atom is -0.267 e. The fraction of sp³-hybridized carbons (Fsp3) is 0.211. The fourth-order valence-electron chi connectivity index (χ4n) is 2.99. The molecule has 4 heterocycles. The number of hydrogen-bond acceptors (Lipinski definition) is 6. The highest BCUT2D eigenvalue weighted by atomic mass is 32.1. The van der Waals surface area contributed by atoms with Crippen molar-refractivity contribution in [1.82, 2.24) is 25.0 Å². The van der Waals surface area contributed by atoms with Crippen molar-refractivity contribution >= 4 is 23.2 Å². The molecule has 0 aromatic carbocycles. The van der Waals surface area contributed by atoms with Gasteiger partial charge in [-0.1, -0.05) is 0 Å². The van der Waals surface area contributed by atoms with E-state index in [1.54, 1.807) is 36.2 Å². The summed E-state index contributed by atoms with van der Waals surface area (Å²) in [5, 5.41) is 5.43. The van der Waals surface area contributed by atoms with Gasteiger partial charge in [-0.15, -0.1) is 11.3 Å². The summed E-state index contributed by atoms with van der Waals surface area (Å²) in [6.45, 7) is 2.85. The van der Waals surface area contributed by atoms with E-state index >= 15 is 0 Å². The number of aromatic nitrogens is 3. The minimum atomic E-state index is -0.270. The second-order valence-electron chi connectivity index (χ2n) is 6.18. The molecule has 27 heavy (non-hydrogen) atoms. The summed E-state index contributed by atoms with van der Waals surface area (Å²) in [7, 11) is 0. The van der Waals surface area contributed by atoms with Crippen molar-refractivity contribution < 1.29 is 9.59 Å². The highest BCUT2D eigenvalue weighted by Crippen LogP contribution is 2.25. The topological polar surface area (TPSA) is 79.3 Å². The summed E-state index contributed by atoms with van der Waals surface area (Å²) in [5.74, 6) is -0.483. The van der Waals surface area contributed by atoms with E-state index in [0.717, 1.165) is 22.6 Å². The monoisotopic (exact) mass is 379 g/mol. The molecule has 0 N–H and O–H groups in total. The Morgan fingerprint density at radius 1 is 1.04 bits per heavy atom. The zero-order chi connectivity index (χ0) is 18.8. The molecule has 1 aliphatic heterocycles. The Labute approximate surface area is 160 Å². The Morgan fingerprint density at radius 3 is 2.56 bits per heavy atom.